The van der Waals surface area contributed by atoms with E-state index >= 15 is 0 Å². The molecule has 5 heteroatoms. The van der Waals surface area contributed by atoms with Crippen molar-refractivity contribution < 1.29 is 24.1 Å². The lowest BCUT2D eigenvalue weighted by Crippen LogP contribution is -2.65. The van der Waals surface area contributed by atoms with Gasteiger partial charge < -0.3 is 19.3 Å². The quantitative estimate of drug-likeness (QED) is 0.842. The van der Waals surface area contributed by atoms with Crippen LogP contribution in [0.1, 0.15) is 35.6 Å². The molecule has 0 radical (unpaired) electrons. The molecule has 2 aliphatic carbocycles. The van der Waals surface area contributed by atoms with Crippen molar-refractivity contribution in [3.63, 3.8) is 0 Å². The summed E-state index contributed by atoms with van der Waals surface area (Å²) in [4.78, 5) is 12.7. The van der Waals surface area contributed by atoms with Gasteiger partial charge in [-0.15, -0.1) is 0 Å². The summed E-state index contributed by atoms with van der Waals surface area (Å²) in [6.07, 6.45) is -0.348. The zero-order valence-electron chi connectivity index (χ0n) is 13.4. The maximum absolute atomic E-state index is 12.7. The summed E-state index contributed by atoms with van der Waals surface area (Å²) in [6, 6.07) is 4.03. The van der Waals surface area contributed by atoms with E-state index in [0.29, 0.717) is 0 Å². The normalized spacial score (nSPS) is 45.1. The van der Waals surface area contributed by atoms with Crippen LogP contribution in [0.4, 0.5) is 0 Å². The number of ether oxygens (including phenoxy) is 3. The second kappa shape index (κ2) is 4.08. The lowest BCUT2D eigenvalue weighted by molar-refractivity contribution is -0.218. The first-order valence-corrected chi connectivity index (χ1v) is 8.20. The predicted octanol–water partition coefficient (Wildman–Crippen LogP) is 1.71. The summed E-state index contributed by atoms with van der Waals surface area (Å²) < 4.78 is 17.5. The molecule has 3 heterocycles. The number of carbonyl (C=O) groups excluding carboxylic acids is 1. The number of hydrogen-bond acceptors (Lipinski definition) is 5. The Morgan fingerprint density at radius 1 is 1.35 bits per heavy atom. The Labute approximate surface area is 134 Å². The number of hydrogen-bond donors (Lipinski definition) is 1. The number of rotatable bonds is 2. The topological polar surface area (TPSA) is 65.0 Å². The van der Waals surface area contributed by atoms with Crippen LogP contribution in [0, 0.1) is 24.2 Å². The summed E-state index contributed by atoms with van der Waals surface area (Å²) in [5.41, 5.74) is 2.48. The summed E-state index contributed by atoms with van der Waals surface area (Å²) in [7, 11) is 1.65. The van der Waals surface area contributed by atoms with Crippen molar-refractivity contribution in [2.24, 2.45) is 17.3 Å². The molecule has 3 aliphatic heterocycles. The number of aliphatic hydroxyl groups excluding tert-OH is 1. The fourth-order valence-corrected chi connectivity index (χ4v) is 5.71. The molecule has 1 saturated carbocycles. The highest BCUT2D eigenvalue weighted by Gasteiger charge is 2.75. The third-order valence-electron chi connectivity index (χ3n) is 6.73. The SMILES string of the molecule is COc1cc(C)c2c(c1)C1C3[C@H]4OC(=O)[C@]1(CO)[C@@H](C)C4O[C@@H]23. The fourth-order valence-electron chi connectivity index (χ4n) is 5.71. The van der Waals surface area contributed by atoms with Crippen molar-refractivity contribution in [3.05, 3.63) is 28.8 Å². The van der Waals surface area contributed by atoms with Gasteiger partial charge in [0.2, 0.25) is 0 Å². The van der Waals surface area contributed by atoms with Crippen molar-refractivity contribution in [3.8, 4) is 5.75 Å². The Morgan fingerprint density at radius 3 is 2.83 bits per heavy atom. The standard InChI is InChI=1S/C18H20O5/c1-7-4-9(21-3)5-10-11(7)15-12-13(10)18(6-19)8(2)14(22-15)16(12)23-17(18)20/h4-5,8,12-16,19H,6H2,1-3H3/t8-,12?,13?,14?,15-,16+,18+/m0/s1. The third kappa shape index (κ3) is 1.28. The van der Waals surface area contributed by atoms with Gasteiger partial charge >= 0.3 is 5.97 Å². The number of aryl methyl sites for hydroxylation is 1. The summed E-state index contributed by atoms with van der Waals surface area (Å²) >= 11 is 0. The van der Waals surface area contributed by atoms with Gasteiger partial charge in [0.25, 0.3) is 0 Å². The minimum atomic E-state index is -0.900. The van der Waals surface area contributed by atoms with Gasteiger partial charge in [-0.3, -0.25) is 4.79 Å². The number of benzene rings is 1. The highest BCUT2D eigenvalue weighted by Crippen LogP contribution is 2.71. The van der Waals surface area contributed by atoms with Gasteiger partial charge in [-0.2, -0.15) is 0 Å². The number of carbonyl (C=O) groups is 1. The van der Waals surface area contributed by atoms with Crippen LogP contribution < -0.4 is 4.74 Å². The molecule has 4 bridgehead atoms. The molecule has 0 aromatic heterocycles. The van der Waals surface area contributed by atoms with Gasteiger partial charge in [0.15, 0.2) is 0 Å². The largest absolute Gasteiger partial charge is 0.497 e. The first-order chi connectivity index (χ1) is 11.0. The molecule has 0 spiro atoms. The van der Waals surface area contributed by atoms with Crippen LogP contribution >= 0.6 is 0 Å². The van der Waals surface area contributed by atoms with Gasteiger partial charge in [-0.25, -0.2) is 0 Å². The second-order valence-electron chi connectivity index (χ2n) is 7.38. The predicted molar refractivity (Wildman–Crippen MR) is 80.1 cm³/mol. The van der Waals surface area contributed by atoms with E-state index in [4.69, 9.17) is 14.2 Å². The van der Waals surface area contributed by atoms with Crippen LogP contribution in [0.5, 0.6) is 5.75 Å². The second-order valence-corrected chi connectivity index (χ2v) is 7.38. The van der Waals surface area contributed by atoms with E-state index in [1.807, 2.05) is 19.1 Å². The summed E-state index contributed by atoms with van der Waals surface area (Å²) in [5.74, 6) is 0.522. The number of methoxy groups -OCH3 is 1. The molecule has 122 valence electrons. The van der Waals surface area contributed by atoms with Crippen molar-refractivity contribution in [2.75, 3.05) is 13.7 Å². The maximum Gasteiger partial charge on any atom is 0.315 e. The van der Waals surface area contributed by atoms with Gasteiger partial charge in [-0.1, -0.05) is 6.92 Å². The van der Waals surface area contributed by atoms with Gasteiger partial charge in [-0.05, 0) is 35.7 Å². The molecule has 4 fully saturated rings. The molecule has 1 aromatic carbocycles. The minimum Gasteiger partial charge on any atom is -0.497 e. The highest BCUT2D eigenvalue weighted by atomic mass is 16.6. The van der Waals surface area contributed by atoms with Crippen LogP contribution in [0.15, 0.2) is 12.1 Å². The van der Waals surface area contributed by atoms with Crippen LogP contribution in [-0.4, -0.2) is 37.0 Å². The number of esters is 1. The Balaban J connectivity index is 1.81. The van der Waals surface area contributed by atoms with Crippen molar-refractivity contribution in [1.29, 1.82) is 0 Å². The molecule has 5 nitrogen and oxygen atoms in total. The van der Waals surface area contributed by atoms with E-state index in [-0.39, 0.29) is 48.6 Å². The maximum atomic E-state index is 12.7. The Hall–Kier alpha value is -1.59. The molecule has 1 N–H and O–H groups in total. The van der Waals surface area contributed by atoms with E-state index in [0.717, 1.165) is 22.4 Å². The van der Waals surface area contributed by atoms with Crippen LogP contribution in [-0.2, 0) is 14.3 Å². The summed E-state index contributed by atoms with van der Waals surface area (Å²) in [6.45, 7) is 3.86. The molecule has 7 atom stereocenters. The van der Waals surface area contributed by atoms with E-state index in [1.54, 1.807) is 7.11 Å². The zero-order valence-corrected chi connectivity index (χ0v) is 13.4. The summed E-state index contributed by atoms with van der Waals surface area (Å²) in [5, 5.41) is 10.2. The smallest absolute Gasteiger partial charge is 0.315 e. The van der Waals surface area contributed by atoms with Crippen LogP contribution in [0.2, 0.25) is 0 Å². The monoisotopic (exact) mass is 316 g/mol. The average molecular weight is 316 g/mol. The molecular weight excluding hydrogens is 296 g/mol. The number of aliphatic hydroxyl groups is 1. The van der Waals surface area contributed by atoms with Crippen molar-refractivity contribution in [1.82, 2.24) is 0 Å². The molecule has 3 unspecified atom stereocenters. The van der Waals surface area contributed by atoms with Gasteiger partial charge in [0.1, 0.15) is 17.3 Å². The Bertz CT molecular complexity index is 728. The molecular formula is C18H20O5. The van der Waals surface area contributed by atoms with Crippen molar-refractivity contribution >= 4 is 5.97 Å². The van der Waals surface area contributed by atoms with Crippen LogP contribution in [0.25, 0.3) is 0 Å². The zero-order chi connectivity index (χ0) is 16.1. The molecule has 3 saturated heterocycles. The lowest BCUT2D eigenvalue weighted by atomic mass is 9.54. The first-order valence-electron chi connectivity index (χ1n) is 8.20. The molecule has 1 aromatic rings. The lowest BCUT2D eigenvalue weighted by Gasteiger charge is -2.54. The third-order valence-corrected chi connectivity index (χ3v) is 6.73. The van der Waals surface area contributed by atoms with E-state index < -0.39 is 5.41 Å². The Morgan fingerprint density at radius 2 is 2.13 bits per heavy atom. The minimum absolute atomic E-state index is 0.0418. The highest BCUT2D eigenvalue weighted by molar-refractivity contribution is 5.83. The van der Waals surface area contributed by atoms with E-state index in [2.05, 4.69) is 6.92 Å². The molecule has 23 heavy (non-hydrogen) atoms. The van der Waals surface area contributed by atoms with Gasteiger partial charge in [0.05, 0.1) is 25.9 Å². The fraction of sp³-hybridized carbons (Fsp3) is 0.611. The van der Waals surface area contributed by atoms with Gasteiger partial charge in [0, 0.05) is 17.8 Å². The molecule has 0 amide bonds. The molecule has 6 rings (SSSR count). The first kappa shape index (κ1) is 13.8. The van der Waals surface area contributed by atoms with Crippen molar-refractivity contribution in [2.45, 2.75) is 38.1 Å². The Kier molecular flexibility index (Phi) is 2.45. The van der Waals surface area contributed by atoms with E-state index in [1.165, 1.54) is 0 Å². The number of fused-ring (bicyclic) bond motifs is 3. The molecule has 5 aliphatic rings. The van der Waals surface area contributed by atoms with Crippen LogP contribution in [0.3, 0.4) is 0 Å². The van der Waals surface area contributed by atoms with E-state index in [9.17, 15) is 9.90 Å². The average Bonchev–Trinajstić information content (AvgIpc) is 3.02.